The number of hydrogen-bond acceptors (Lipinski definition) is 13. The number of benzene rings is 1. The molecule has 1 saturated heterocycles. The first-order valence-corrected chi connectivity index (χ1v) is 16.3. The summed E-state index contributed by atoms with van der Waals surface area (Å²) in [5.41, 5.74) is 23.3. The van der Waals surface area contributed by atoms with Crippen LogP contribution >= 0.6 is 11.8 Å². The van der Waals surface area contributed by atoms with E-state index < -0.39 is 53.1 Å². The summed E-state index contributed by atoms with van der Waals surface area (Å²) in [6, 6.07) is 3.49. The molecular formula is C29H45N9O9S. The standard InChI is InChI=1S/C29H45N9O9S/c1-46-12-10-34-23(39)8-11-38-24(40)14-22(28(38)44)48-15-21(25(33)41)37-27(43)19(31)3-2-9-35-29(45)47-18-6-4-17(5-7-18)13-20(32)26(42)36-16-30/h4-7,19-22H,2-3,8-16,30-32H2,1H3,(H2,33,41)(H,34,39)(H,35,45)(H,36,42)(H,37,43)/t19-,20-,21-,22?/m0/s1. The van der Waals surface area contributed by atoms with Gasteiger partial charge in [0.2, 0.25) is 35.4 Å². The van der Waals surface area contributed by atoms with Crippen molar-refractivity contribution in [3.63, 3.8) is 0 Å². The maximum absolute atomic E-state index is 12.7. The van der Waals surface area contributed by atoms with Gasteiger partial charge in [-0.1, -0.05) is 12.1 Å². The van der Waals surface area contributed by atoms with E-state index >= 15 is 0 Å². The molecule has 0 aromatic heterocycles. The van der Waals surface area contributed by atoms with E-state index in [1.165, 1.54) is 7.11 Å². The lowest BCUT2D eigenvalue weighted by atomic mass is 10.1. The fourth-order valence-electron chi connectivity index (χ4n) is 4.36. The van der Waals surface area contributed by atoms with Gasteiger partial charge in [0.25, 0.3) is 0 Å². The second-order valence-corrected chi connectivity index (χ2v) is 12.0. The third-order valence-corrected chi connectivity index (χ3v) is 8.31. The number of rotatable bonds is 21. The molecule has 19 heteroatoms. The molecule has 1 aromatic rings. The van der Waals surface area contributed by atoms with Gasteiger partial charge in [-0.05, 0) is 37.0 Å². The van der Waals surface area contributed by atoms with Gasteiger partial charge in [-0.25, -0.2) is 4.79 Å². The Hall–Kier alpha value is -4.30. The molecule has 1 fully saturated rings. The lowest BCUT2D eigenvalue weighted by molar-refractivity contribution is -0.138. The van der Waals surface area contributed by atoms with Crippen molar-refractivity contribution in [3.05, 3.63) is 29.8 Å². The number of amides is 7. The van der Waals surface area contributed by atoms with E-state index in [1.54, 1.807) is 24.3 Å². The van der Waals surface area contributed by atoms with Gasteiger partial charge in [-0.2, -0.15) is 0 Å². The van der Waals surface area contributed by atoms with Crippen molar-refractivity contribution in [3.8, 4) is 5.75 Å². The fourth-order valence-corrected chi connectivity index (χ4v) is 5.56. The molecule has 1 heterocycles. The number of hydrogen-bond donors (Lipinski definition) is 8. The van der Waals surface area contributed by atoms with Crippen molar-refractivity contribution < 1.29 is 43.0 Å². The SMILES string of the molecule is COCCNC(=O)CCN1C(=O)CC(SC[C@H](NC(=O)[C@@H](N)CCCNC(=O)Oc2ccc(C[C@H](N)C(=O)NCN)cc2)C(N)=O)C1=O. The van der Waals surface area contributed by atoms with E-state index in [9.17, 15) is 33.6 Å². The number of ether oxygens (including phenoxy) is 2. The molecule has 0 radical (unpaired) electrons. The Morgan fingerprint density at radius 2 is 1.71 bits per heavy atom. The molecule has 266 valence electrons. The minimum Gasteiger partial charge on any atom is -0.410 e. The van der Waals surface area contributed by atoms with Gasteiger partial charge in [-0.15, -0.1) is 11.8 Å². The van der Waals surface area contributed by atoms with Gasteiger partial charge < -0.3 is 53.7 Å². The van der Waals surface area contributed by atoms with Gasteiger partial charge in [0.05, 0.1) is 30.6 Å². The lowest BCUT2D eigenvalue weighted by Crippen LogP contribution is -2.51. The summed E-state index contributed by atoms with van der Waals surface area (Å²) >= 11 is 0.999. The van der Waals surface area contributed by atoms with E-state index in [1.807, 2.05) is 0 Å². The number of primary amides is 1. The Labute approximate surface area is 282 Å². The summed E-state index contributed by atoms with van der Waals surface area (Å²) in [5.74, 6) is -2.94. The quantitative estimate of drug-likeness (QED) is 0.0357. The zero-order valence-corrected chi connectivity index (χ0v) is 27.6. The van der Waals surface area contributed by atoms with Crippen LogP contribution in [0.3, 0.4) is 0 Å². The Morgan fingerprint density at radius 3 is 2.35 bits per heavy atom. The average molecular weight is 696 g/mol. The molecule has 4 atom stereocenters. The highest BCUT2D eigenvalue weighted by molar-refractivity contribution is 8.00. The third kappa shape index (κ3) is 13.8. The first-order valence-electron chi connectivity index (χ1n) is 15.2. The smallest absolute Gasteiger partial charge is 0.410 e. The first-order chi connectivity index (χ1) is 22.9. The van der Waals surface area contributed by atoms with Crippen LogP contribution in [0.25, 0.3) is 0 Å². The number of imide groups is 1. The van der Waals surface area contributed by atoms with Crippen molar-refractivity contribution in [2.75, 3.05) is 45.8 Å². The number of carbonyl (C=O) groups is 7. The van der Waals surface area contributed by atoms with Crippen LogP contribution in [-0.2, 0) is 39.9 Å². The number of methoxy groups -OCH3 is 1. The van der Waals surface area contributed by atoms with Gasteiger partial charge in [0.15, 0.2) is 0 Å². The van der Waals surface area contributed by atoms with Crippen LogP contribution < -0.4 is 48.9 Å². The molecule has 48 heavy (non-hydrogen) atoms. The first kappa shape index (κ1) is 39.9. The largest absolute Gasteiger partial charge is 0.412 e. The molecule has 1 aliphatic heterocycles. The van der Waals surface area contributed by atoms with Gasteiger partial charge in [0, 0.05) is 45.3 Å². The van der Waals surface area contributed by atoms with Crippen LogP contribution in [0.1, 0.15) is 31.2 Å². The molecule has 7 amide bonds. The maximum Gasteiger partial charge on any atom is 0.412 e. The molecule has 1 aromatic carbocycles. The fraction of sp³-hybridized carbons (Fsp3) is 0.552. The topological polar surface area (TPSA) is 293 Å². The van der Waals surface area contributed by atoms with Crippen molar-refractivity contribution in [2.24, 2.45) is 22.9 Å². The van der Waals surface area contributed by atoms with Crippen molar-refractivity contribution in [1.82, 2.24) is 26.2 Å². The summed E-state index contributed by atoms with van der Waals surface area (Å²) in [6.45, 7) is 0.686. The number of nitrogens with two attached hydrogens (primary N) is 4. The number of carbonyl (C=O) groups excluding carboxylic acids is 7. The Bertz CT molecular complexity index is 1290. The normalized spacial score (nSPS) is 16.1. The zero-order chi connectivity index (χ0) is 35.6. The van der Waals surface area contributed by atoms with E-state index in [4.69, 9.17) is 32.4 Å². The summed E-state index contributed by atoms with van der Waals surface area (Å²) in [7, 11) is 1.50. The van der Waals surface area contributed by atoms with E-state index in [-0.39, 0.29) is 68.8 Å². The zero-order valence-electron chi connectivity index (χ0n) is 26.7. The van der Waals surface area contributed by atoms with Crippen LogP contribution in [0.2, 0.25) is 0 Å². The average Bonchev–Trinajstić information content (AvgIpc) is 3.32. The van der Waals surface area contributed by atoms with Crippen LogP contribution in [0.15, 0.2) is 24.3 Å². The molecule has 0 aliphatic carbocycles. The number of nitrogens with one attached hydrogen (secondary N) is 4. The Balaban J connectivity index is 1.71. The molecule has 12 N–H and O–H groups in total. The minimum absolute atomic E-state index is 0.0141. The summed E-state index contributed by atoms with van der Waals surface area (Å²) in [6.07, 6.45) is -0.171. The van der Waals surface area contributed by atoms with E-state index in [2.05, 4.69) is 21.3 Å². The molecule has 0 saturated carbocycles. The predicted molar refractivity (Wildman–Crippen MR) is 175 cm³/mol. The third-order valence-electron chi connectivity index (χ3n) is 7.02. The van der Waals surface area contributed by atoms with Crippen molar-refractivity contribution in [2.45, 2.75) is 55.5 Å². The minimum atomic E-state index is -1.16. The molecule has 0 spiro atoms. The Morgan fingerprint density at radius 1 is 1.00 bits per heavy atom. The number of nitrogens with zero attached hydrogens (tertiary/aromatic N) is 1. The predicted octanol–water partition coefficient (Wildman–Crippen LogP) is -3.23. The van der Waals surface area contributed by atoms with E-state index in [0.29, 0.717) is 19.6 Å². The highest BCUT2D eigenvalue weighted by atomic mass is 32.2. The molecule has 0 bridgehead atoms. The Kier molecular flexibility index (Phi) is 17.3. The van der Waals surface area contributed by atoms with E-state index in [0.717, 1.165) is 22.2 Å². The molecule has 2 rings (SSSR count). The second-order valence-electron chi connectivity index (χ2n) is 10.7. The summed E-state index contributed by atoms with van der Waals surface area (Å²) in [5, 5.41) is 9.27. The number of likely N-dealkylation sites (tertiary alicyclic amines) is 1. The van der Waals surface area contributed by atoms with Crippen LogP contribution in [-0.4, -0.2) is 116 Å². The van der Waals surface area contributed by atoms with Crippen LogP contribution in [0, 0.1) is 0 Å². The van der Waals surface area contributed by atoms with Gasteiger partial charge in [0.1, 0.15) is 11.8 Å². The molecule has 18 nitrogen and oxygen atoms in total. The van der Waals surface area contributed by atoms with Crippen molar-refractivity contribution >= 4 is 53.3 Å². The highest BCUT2D eigenvalue weighted by Gasteiger charge is 2.39. The summed E-state index contributed by atoms with van der Waals surface area (Å²) in [4.78, 5) is 86.5. The molecule has 1 aliphatic rings. The molecule has 1 unspecified atom stereocenters. The molecular weight excluding hydrogens is 650 g/mol. The summed E-state index contributed by atoms with van der Waals surface area (Å²) < 4.78 is 10.1. The van der Waals surface area contributed by atoms with Crippen LogP contribution in [0.5, 0.6) is 5.75 Å². The second kappa shape index (κ2) is 20.8. The van der Waals surface area contributed by atoms with Gasteiger partial charge in [-0.3, -0.25) is 33.7 Å². The number of thioether (sulfide) groups is 1. The van der Waals surface area contributed by atoms with Crippen molar-refractivity contribution in [1.29, 1.82) is 0 Å². The maximum atomic E-state index is 12.7. The lowest BCUT2D eigenvalue weighted by Gasteiger charge is -2.20. The van der Waals surface area contributed by atoms with Gasteiger partial charge >= 0.3 is 6.09 Å². The monoisotopic (exact) mass is 695 g/mol. The highest BCUT2D eigenvalue weighted by Crippen LogP contribution is 2.26. The van der Waals surface area contributed by atoms with Crippen LogP contribution in [0.4, 0.5) is 4.79 Å².